The van der Waals surface area contributed by atoms with Crippen molar-refractivity contribution in [3.8, 4) is 5.69 Å². The fourth-order valence-corrected chi connectivity index (χ4v) is 1.49. The van der Waals surface area contributed by atoms with E-state index < -0.39 is 4.92 Å². The second-order valence-electron chi connectivity index (χ2n) is 3.29. The summed E-state index contributed by atoms with van der Waals surface area (Å²) >= 11 is 0. The second kappa shape index (κ2) is 3.57. The van der Waals surface area contributed by atoms with Gasteiger partial charge in [0.25, 0.3) is 5.69 Å². The molecule has 4 heteroatoms. The first-order valence-corrected chi connectivity index (χ1v) is 4.57. The first-order valence-electron chi connectivity index (χ1n) is 4.57. The Balaban J connectivity index is 2.40. The number of benzene rings is 1. The van der Waals surface area contributed by atoms with Crippen LogP contribution in [0.1, 0.15) is 5.69 Å². The SMILES string of the molecule is Cc1cccn1-c1ccc([N+](=O)[O-])cc1. The van der Waals surface area contributed by atoms with Crippen molar-refractivity contribution < 1.29 is 4.92 Å². The smallest absolute Gasteiger partial charge is 0.269 e. The number of non-ortho nitro benzene ring substituents is 1. The molecular weight excluding hydrogens is 192 g/mol. The molecule has 0 saturated heterocycles. The minimum atomic E-state index is -0.397. The van der Waals surface area contributed by atoms with Gasteiger partial charge in [0.15, 0.2) is 0 Å². The van der Waals surface area contributed by atoms with Gasteiger partial charge in [0.2, 0.25) is 0 Å². The molecular formula is C11H10N2O2. The monoisotopic (exact) mass is 202 g/mol. The zero-order valence-corrected chi connectivity index (χ0v) is 8.25. The van der Waals surface area contributed by atoms with Crippen molar-refractivity contribution in [3.05, 3.63) is 58.4 Å². The summed E-state index contributed by atoms with van der Waals surface area (Å²) in [7, 11) is 0. The summed E-state index contributed by atoms with van der Waals surface area (Å²) in [5.41, 5.74) is 2.15. The summed E-state index contributed by atoms with van der Waals surface area (Å²) in [6, 6.07) is 10.4. The highest BCUT2D eigenvalue weighted by Gasteiger charge is 2.05. The van der Waals surface area contributed by atoms with Gasteiger partial charge in [-0.05, 0) is 31.2 Å². The van der Waals surface area contributed by atoms with E-state index in [9.17, 15) is 10.1 Å². The fraction of sp³-hybridized carbons (Fsp3) is 0.0909. The molecule has 0 saturated carbocycles. The number of hydrogen-bond donors (Lipinski definition) is 0. The zero-order chi connectivity index (χ0) is 10.8. The normalized spacial score (nSPS) is 10.2. The van der Waals surface area contributed by atoms with E-state index in [4.69, 9.17) is 0 Å². The first-order chi connectivity index (χ1) is 7.18. The lowest BCUT2D eigenvalue weighted by molar-refractivity contribution is -0.384. The van der Waals surface area contributed by atoms with Crippen LogP contribution in [0.3, 0.4) is 0 Å². The van der Waals surface area contributed by atoms with E-state index >= 15 is 0 Å². The molecule has 1 heterocycles. The largest absolute Gasteiger partial charge is 0.321 e. The molecule has 0 spiro atoms. The third kappa shape index (κ3) is 1.74. The van der Waals surface area contributed by atoms with Gasteiger partial charge in [-0.2, -0.15) is 0 Å². The molecule has 0 radical (unpaired) electrons. The molecule has 1 aromatic carbocycles. The van der Waals surface area contributed by atoms with Gasteiger partial charge < -0.3 is 4.57 Å². The molecule has 2 aromatic rings. The molecule has 2 rings (SSSR count). The molecule has 15 heavy (non-hydrogen) atoms. The summed E-state index contributed by atoms with van der Waals surface area (Å²) in [6.45, 7) is 1.99. The molecule has 0 atom stereocenters. The van der Waals surface area contributed by atoms with Crippen molar-refractivity contribution in [1.29, 1.82) is 0 Å². The van der Waals surface area contributed by atoms with Gasteiger partial charge >= 0.3 is 0 Å². The van der Waals surface area contributed by atoms with E-state index in [1.54, 1.807) is 12.1 Å². The molecule has 0 aliphatic rings. The van der Waals surface area contributed by atoms with Gasteiger partial charge in [0.05, 0.1) is 4.92 Å². The van der Waals surface area contributed by atoms with E-state index in [0.717, 1.165) is 11.4 Å². The Hall–Kier alpha value is -2.10. The lowest BCUT2D eigenvalue weighted by Gasteiger charge is -2.04. The molecule has 0 amide bonds. The Kier molecular flexibility index (Phi) is 2.25. The second-order valence-corrected chi connectivity index (χ2v) is 3.29. The van der Waals surface area contributed by atoms with Crippen molar-refractivity contribution in [1.82, 2.24) is 4.57 Å². The van der Waals surface area contributed by atoms with Gasteiger partial charge in [-0.1, -0.05) is 0 Å². The minimum absolute atomic E-state index is 0.114. The van der Waals surface area contributed by atoms with Crippen molar-refractivity contribution in [2.24, 2.45) is 0 Å². The molecule has 0 N–H and O–H groups in total. The summed E-state index contributed by atoms with van der Waals surface area (Å²) in [6.07, 6.45) is 1.93. The van der Waals surface area contributed by atoms with Gasteiger partial charge in [-0.3, -0.25) is 10.1 Å². The highest BCUT2D eigenvalue weighted by molar-refractivity contribution is 5.42. The summed E-state index contributed by atoms with van der Waals surface area (Å²) < 4.78 is 1.98. The number of aromatic nitrogens is 1. The molecule has 1 aromatic heterocycles. The van der Waals surface area contributed by atoms with E-state index in [1.165, 1.54) is 12.1 Å². The van der Waals surface area contributed by atoms with E-state index in [2.05, 4.69) is 0 Å². The molecule has 0 unspecified atom stereocenters. The van der Waals surface area contributed by atoms with E-state index in [1.807, 2.05) is 29.8 Å². The maximum absolute atomic E-state index is 10.5. The number of nitrogens with zero attached hydrogens (tertiary/aromatic N) is 2. The number of nitro groups is 1. The van der Waals surface area contributed by atoms with Crippen LogP contribution in [-0.4, -0.2) is 9.49 Å². The van der Waals surface area contributed by atoms with Crippen molar-refractivity contribution in [3.63, 3.8) is 0 Å². The van der Waals surface area contributed by atoms with E-state index in [-0.39, 0.29) is 5.69 Å². The van der Waals surface area contributed by atoms with Crippen molar-refractivity contribution in [2.75, 3.05) is 0 Å². The maximum atomic E-state index is 10.5. The standard InChI is InChI=1S/C11H10N2O2/c1-9-3-2-8-12(9)10-4-6-11(7-5-10)13(14)15/h2-8H,1H3. The van der Waals surface area contributed by atoms with Crippen LogP contribution in [0.15, 0.2) is 42.6 Å². The average molecular weight is 202 g/mol. The highest BCUT2D eigenvalue weighted by Crippen LogP contribution is 2.16. The van der Waals surface area contributed by atoms with Crippen molar-refractivity contribution >= 4 is 5.69 Å². The van der Waals surface area contributed by atoms with E-state index in [0.29, 0.717) is 0 Å². The van der Waals surface area contributed by atoms with Crippen LogP contribution in [0, 0.1) is 17.0 Å². The number of nitro benzene ring substituents is 1. The molecule has 0 fully saturated rings. The van der Waals surface area contributed by atoms with Crippen LogP contribution in [0.4, 0.5) is 5.69 Å². The predicted octanol–water partition coefficient (Wildman–Crippen LogP) is 2.69. The van der Waals surface area contributed by atoms with Gasteiger partial charge in [-0.15, -0.1) is 0 Å². The summed E-state index contributed by atoms with van der Waals surface area (Å²) in [5.74, 6) is 0. The quantitative estimate of drug-likeness (QED) is 0.555. The Bertz CT molecular complexity index is 486. The minimum Gasteiger partial charge on any atom is -0.321 e. The van der Waals surface area contributed by atoms with Crippen LogP contribution in [0.5, 0.6) is 0 Å². The van der Waals surface area contributed by atoms with Crippen LogP contribution >= 0.6 is 0 Å². The first kappa shape index (κ1) is 9.45. The molecule has 0 aliphatic heterocycles. The van der Waals surface area contributed by atoms with Gasteiger partial charge in [-0.25, -0.2) is 0 Å². The Labute approximate surface area is 86.9 Å². The third-order valence-corrected chi connectivity index (χ3v) is 2.29. The predicted molar refractivity (Wildman–Crippen MR) is 57.2 cm³/mol. The van der Waals surface area contributed by atoms with Gasteiger partial charge in [0, 0.05) is 29.7 Å². The Morgan fingerprint density at radius 2 is 1.87 bits per heavy atom. The highest BCUT2D eigenvalue weighted by atomic mass is 16.6. The molecule has 76 valence electrons. The number of hydrogen-bond acceptors (Lipinski definition) is 2. The van der Waals surface area contributed by atoms with Gasteiger partial charge in [0.1, 0.15) is 0 Å². The summed E-state index contributed by atoms with van der Waals surface area (Å²) in [5, 5.41) is 10.5. The summed E-state index contributed by atoms with van der Waals surface area (Å²) in [4.78, 5) is 10.1. The van der Waals surface area contributed by atoms with Crippen LogP contribution < -0.4 is 0 Å². The zero-order valence-electron chi connectivity index (χ0n) is 8.25. The maximum Gasteiger partial charge on any atom is 0.269 e. The van der Waals surface area contributed by atoms with Crippen LogP contribution in [-0.2, 0) is 0 Å². The topological polar surface area (TPSA) is 48.1 Å². The molecule has 0 bridgehead atoms. The lowest BCUT2D eigenvalue weighted by Crippen LogP contribution is -1.94. The van der Waals surface area contributed by atoms with Crippen LogP contribution in [0.2, 0.25) is 0 Å². The lowest BCUT2D eigenvalue weighted by atomic mass is 10.3. The third-order valence-electron chi connectivity index (χ3n) is 2.29. The van der Waals surface area contributed by atoms with Crippen LogP contribution in [0.25, 0.3) is 5.69 Å². The Morgan fingerprint density at radius 1 is 1.20 bits per heavy atom. The van der Waals surface area contributed by atoms with Crippen molar-refractivity contribution in [2.45, 2.75) is 6.92 Å². The number of aryl methyl sites for hydroxylation is 1. The fourth-order valence-electron chi connectivity index (χ4n) is 1.49. The molecule has 4 nitrogen and oxygen atoms in total. The Morgan fingerprint density at radius 3 is 2.33 bits per heavy atom. The average Bonchev–Trinajstić information content (AvgIpc) is 2.65. The number of rotatable bonds is 2. The molecule has 0 aliphatic carbocycles.